The predicted octanol–water partition coefficient (Wildman–Crippen LogP) is 1.76. The quantitative estimate of drug-likeness (QED) is 0.768. The van der Waals surface area contributed by atoms with E-state index in [9.17, 15) is 9.59 Å². The SMILES string of the molecule is Cc1ccc(C(=O)NC2CC2)cc1NC(=O)C1(N)CCOCC1.Cl. The van der Waals surface area contributed by atoms with Gasteiger partial charge >= 0.3 is 0 Å². The van der Waals surface area contributed by atoms with Gasteiger partial charge in [0.25, 0.3) is 5.91 Å². The van der Waals surface area contributed by atoms with Crippen LogP contribution in [0.5, 0.6) is 0 Å². The second-order valence-electron chi connectivity index (χ2n) is 6.50. The van der Waals surface area contributed by atoms with Crippen molar-refractivity contribution in [2.75, 3.05) is 18.5 Å². The zero-order valence-corrected chi connectivity index (χ0v) is 14.6. The molecule has 7 heteroatoms. The molecule has 2 aliphatic rings. The van der Waals surface area contributed by atoms with Gasteiger partial charge in [-0.15, -0.1) is 12.4 Å². The van der Waals surface area contributed by atoms with Crippen molar-refractivity contribution in [3.05, 3.63) is 29.3 Å². The van der Waals surface area contributed by atoms with E-state index in [1.807, 2.05) is 13.0 Å². The summed E-state index contributed by atoms with van der Waals surface area (Å²) in [4.78, 5) is 24.7. The Labute approximate surface area is 147 Å². The molecule has 1 aliphatic carbocycles. The van der Waals surface area contributed by atoms with Gasteiger partial charge in [0.2, 0.25) is 5.91 Å². The fourth-order valence-corrected chi connectivity index (χ4v) is 2.60. The summed E-state index contributed by atoms with van der Waals surface area (Å²) in [5.74, 6) is -0.319. The molecule has 2 fully saturated rings. The Kier molecular flexibility index (Phi) is 5.85. The van der Waals surface area contributed by atoms with Gasteiger partial charge in [0.05, 0.1) is 0 Å². The molecule has 1 aromatic carbocycles. The van der Waals surface area contributed by atoms with Crippen molar-refractivity contribution in [2.45, 2.75) is 44.2 Å². The number of nitrogens with one attached hydrogen (secondary N) is 2. The number of anilines is 1. The monoisotopic (exact) mass is 353 g/mol. The molecule has 132 valence electrons. The van der Waals surface area contributed by atoms with Crippen molar-refractivity contribution >= 4 is 29.9 Å². The first-order chi connectivity index (χ1) is 11.0. The van der Waals surface area contributed by atoms with Gasteiger partial charge in [-0.25, -0.2) is 0 Å². The van der Waals surface area contributed by atoms with Crippen molar-refractivity contribution in [3.8, 4) is 0 Å². The zero-order chi connectivity index (χ0) is 16.4. The lowest BCUT2D eigenvalue weighted by atomic mass is 9.90. The maximum absolute atomic E-state index is 12.5. The standard InChI is InChI=1S/C17H23N3O3.ClH/c1-11-2-3-12(15(21)19-13-4-5-13)10-14(11)20-16(22)17(18)6-8-23-9-7-17;/h2-3,10,13H,4-9,18H2,1H3,(H,19,21)(H,20,22);1H. The van der Waals surface area contributed by atoms with Gasteiger partial charge in [0.15, 0.2) is 0 Å². The number of hydrogen-bond acceptors (Lipinski definition) is 4. The van der Waals surface area contributed by atoms with Crippen LogP contribution in [0.15, 0.2) is 18.2 Å². The third-order valence-electron chi connectivity index (χ3n) is 4.50. The first-order valence-corrected chi connectivity index (χ1v) is 8.07. The van der Waals surface area contributed by atoms with E-state index < -0.39 is 5.54 Å². The van der Waals surface area contributed by atoms with Crippen LogP contribution in [0.2, 0.25) is 0 Å². The molecule has 1 aliphatic heterocycles. The van der Waals surface area contributed by atoms with E-state index in [-0.39, 0.29) is 24.2 Å². The molecule has 1 aromatic rings. The second-order valence-corrected chi connectivity index (χ2v) is 6.50. The van der Waals surface area contributed by atoms with Crippen molar-refractivity contribution in [2.24, 2.45) is 5.73 Å². The van der Waals surface area contributed by atoms with Crippen molar-refractivity contribution < 1.29 is 14.3 Å². The molecule has 3 rings (SSSR count). The first-order valence-electron chi connectivity index (χ1n) is 8.07. The molecular weight excluding hydrogens is 330 g/mol. The molecule has 1 saturated carbocycles. The number of ether oxygens (including phenoxy) is 1. The molecule has 4 N–H and O–H groups in total. The number of aryl methyl sites for hydroxylation is 1. The highest BCUT2D eigenvalue weighted by atomic mass is 35.5. The Morgan fingerprint density at radius 1 is 1.25 bits per heavy atom. The van der Waals surface area contributed by atoms with E-state index in [2.05, 4.69) is 10.6 Å². The summed E-state index contributed by atoms with van der Waals surface area (Å²) in [7, 11) is 0. The Balaban J connectivity index is 0.00000208. The van der Waals surface area contributed by atoms with Crippen LogP contribution >= 0.6 is 12.4 Å². The fraction of sp³-hybridized carbons (Fsp3) is 0.529. The first kappa shape index (κ1) is 18.7. The van der Waals surface area contributed by atoms with Gasteiger partial charge in [-0.3, -0.25) is 9.59 Å². The van der Waals surface area contributed by atoms with E-state index in [0.717, 1.165) is 18.4 Å². The molecule has 0 bridgehead atoms. The molecule has 24 heavy (non-hydrogen) atoms. The van der Waals surface area contributed by atoms with Crippen molar-refractivity contribution in [1.29, 1.82) is 0 Å². The molecule has 0 unspecified atom stereocenters. The van der Waals surface area contributed by atoms with E-state index in [4.69, 9.17) is 10.5 Å². The van der Waals surface area contributed by atoms with Crippen LogP contribution in [-0.2, 0) is 9.53 Å². The minimum atomic E-state index is -0.906. The molecule has 1 saturated heterocycles. The van der Waals surface area contributed by atoms with Crippen LogP contribution in [-0.4, -0.2) is 36.6 Å². The summed E-state index contributed by atoms with van der Waals surface area (Å²) in [5.41, 5.74) is 7.38. The van der Waals surface area contributed by atoms with Gasteiger partial charge in [-0.05, 0) is 50.3 Å². The van der Waals surface area contributed by atoms with Crippen molar-refractivity contribution in [3.63, 3.8) is 0 Å². The summed E-state index contributed by atoms with van der Waals surface area (Å²) >= 11 is 0. The summed E-state index contributed by atoms with van der Waals surface area (Å²) in [6, 6.07) is 5.63. The number of hydrogen-bond donors (Lipinski definition) is 3. The average molecular weight is 354 g/mol. The highest BCUT2D eigenvalue weighted by Gasteiger charge is 2.36. The van der Waals surface area contributed by atoms with E-state index in [1.54, 1.807) is 12.1 Å². The maximum Gasteiger partial charge on any atom is 0.251 e. The van der Waals surface area contributed by atoms with Gasteiger partial charge in [-0.2, -0.15) is 0 Å². The smallest absolute Gasteiger partial charge is 0.251 e. The lowest BCUT2D eigenvalue weighted by Crippen LogP contribution is -2.54. The largest absolute Gasteiger partial charge is 0.381 e. The van der Waals surface area contributed by atoms with Crippen LogP contribution in [0, 0.1) is 6.92 Å². The molecule has 6 nitrogen and oxygen atoms in total. The number of benzene rings is 1. The van der Waals surface area contributed by atoms with Gasteiger partial charge in [-0.1, -0.05) is 6.07 Å². The number of carbonyl (C=O) groups excluding carboxylic acids is 2. The van der Waals surface area contributed by atoms with E-state index in [1.165, 1.54) is 0 Å². The maximum atomic E-state index is 12.5. The van der Waals surface area contributed by atoms with Crippen LogP contribution in [0.3, 0.4) is 0 Å². The second kappa shape index (κ2) is 7.51. The summed E-state index contributed by atoms with van der Waals surface area (Å²) in [6.07, 6.45) is 3.08. The number of carbonyl (C=O) groups is 2. The van der Waals surface area contributed by atoms with Crippen LogP contribution in [0.25, 0.3) is 0 Å². The van der Waals surface area contributed by atoms with E-state index >= 15 is 0 Å². The Morgan fingerprint density at radius 2 is 1.92 bits per heavy atom. The lowest BCUT2D eigenvalue weighted by Gasteiger charge is -2.32. The summed E-state index contributed by atoms with van der Waals surface area (Å²) in [5, 5.41) is 5.83. The Hall–Kier alpha value is -1.63. The van der Waals surface area contributed by atoms with E-state index in [0.29, 0.717) is 43.3 Å². The highest BCUT2D eigenvalue weighted by Crippen LogP contribution is 2.24. The molecule has 0 aromatic heterocycles. The topological polar surface area (TPSA) is 93.5 Å². The Morgan fingerprint density at radius 3 is 2.54 bits per heavy atom. The van der Waals surface area contributed by atoms with Crippen LogP contribution < -0.4 is 16.4 Å². The number of halogens is 1. The van der Waals surface area contributed by atoms with Gasteiger partial charge in [0, 0.05) is 30.5 Å². The molecular formula is C17H24ClN3O3. The van der Waals surface area contributed by atoms with Gasteiger partial charge in [0.1, 0.15) is 5.54 Å². The molecule has 0 spiro atoms. The number of rotatable bonds is 4. The summed E-state index contributed by atoms with van der Waals surface area (Å²) < 4.78 is 5.27. The average Bonchev–Trinajstić information content (AvgIpc) is 3.34. The number of nitrogens with two attached hydrogens (primary N) is 1. The molecule has 0 atom stereocenters. The molecule has 2 amide bonds. The number of amides is 2. The minimum absolute atomic E-state index is 0. The minimum Gasteiger partial charge on any atom is -0.381 e. The third-order valence-corrected chi connectivity index (χ3v) is 4.50. The Bertz CT molecular complexity index is 626. The highest BCUT2D eigenvalue weighted by molar-refractivity contribution is 6.01. The van der Waals surface area contributed by atoms with Crippen LogP contribution in [0.4, 0.5) is 5.69 Å². The molecule has 1 heterocycles. The summed E-state index contributed by atoms with van der Waals surface area (Å²) in [6.45, 7) is 2.88. The lowest BCUT2D eigenvalue weighted by molar-refractivity contribution is -0.124. The van der Waals surface area contributed by atoms with Gasteiger partial charge < -0.3 is 21.1 Å². The van der Waals surface area contributed by atoms with Crippen LogP contribution in [0.1, 0.15) is 41.6 Å². The molecule has 0 radical (unpaired) electrons. The zero-order valence-electron chi connectivity index (χ0n) is 13.8. The normalized spacial score (nSPS) is 19.1. The third kappa shape index (κ3) is 4.26. The predicted molar refractivity (Wildman–Crippen MR) is 94.5 cm³/mol. The van der Waals surface area contributed by atoms with Crippen molar-refractivity contribution in [1.82, 2.24) is 5.32 Å². The fourth-order valence-electron chi connectivity index (χ4n) is 2.60.